The topological polar surface area (TPSA) is 76.7 Å². The fraction of sp³-hybridized carbons (Fsp3) is 0.474. The zero-order chi connectivity index (χ0) is 18.1. The average Bonchev–Trinajstić information content (AvgIpc) is 2.61. The lowest BCUT2D eigenvalue weighted by atomic mass is 9.96. The van der Waals surface area contributed by atoms with Gasteiger partial charge < -0.3 is 14.8 Å². The molecule has 0 spiro atoms. The molecule has 0 atom stereocenters. The Hall–Kier alpha value is -2.50. The van der Waals surface area contributed by atoms with Crippen molar-refractivity contribution in [3.63, 3.8) is 0 Å². The van der Waals surface area contributed by atoms with E-state index in [2.05, 4.69) is 17.2 Å². The van der Waals surface area contributed by atoms with Crippen LogP contribution in [-0.2, 0) is 11.2 Å². The Kier molecular flexibility index (Phi) is 7.32. The van der Waals surface area contributed by atoms with Gasteiger partial charge in [0, 0.05) is 6.04 Å². The summed E-state index contributed by atoms with van der Waals surface area (Å²) >= 11 is 0. The van der Waals surface area contributed by atoms with E-state index in [4.69, 9.17) is 9.47 Å². The van der Waals surface area contributed by atoms with E-state index in [1.165, 1.54) is 13.5 Å². The van der Waals surface area contributed by atoms with Gasteiger partial charge in [-0.2, -0.15) is 0 Å². The van der Waals surface area contributed by atoms with E-state index >= 15 is 0 Å². The number of methoxy groups -OCH3 is 1. The molecule has 0 aliphatic heterocycles. The first-order chi connectivity index (χ1) is 12.1. The number of hydrogen-bond donors (Lipinski definition) is 2. The maximum Gasteiger partial charge on any atom is 0.321 e. The number of rotatable bonds is 7. The highest BCUT2D eigenvalue weighted by Gasteiger charge is 2.17. The molecule has 1 aliphatic carbocycles. The standard InChI is InChI=1S/C19H26N2O4/c1-3-7-14-10-11-16(17(12-14)24-2)25-13-18(22)21-19(23)20-15-8-5-4-6-9-15/h3,10-12,15H,1,4-9,13H2,2H3,(H2,20,21,22,23). The minimum atomic E-state index is -0.495. The number of ether oxygens (including phenoxy) is 2. The monoisotopic (exact) mass is 346 g/mol. The summed E-state index contributed by atoms with van der Waals surface area (Å²) in [5.41, 5.74) is 1.04. The van der Waals surface area contributed by atoms with E-state index in [0.717, 1.165) is 37.7 Å². The molecule has 6 heteroatoms. The van der Waals surface area contributed by atoms with Crippen LogP contribution in [0.4, 0.5) is 4.79 Å². The zero-order valence-corrected chi connectivity index (χ0v) is 14.7. The normalized spacial score (nSPS) is 14.4. The molecule has 136 valence electrons. The molecule has 0 radical (unpaired) electrons. The van der Waals surface area contributed by atoms with Crippen molar-refractivity contribution in [1.82, 2.24) is 10.6 Å². The molecular formula is C19H26N2O4. The van der Waals surface area contributed by atoms with Gasteiger partial charge in [-0.1, -0.05) is 31.4 Å². The fourth-order valence-corrected chi connectivity index (χ4v) is 2.90. The van der Waals surface area contributed by atoms with Gasteiger partial charge in [0.2, 0.25) is 0 Å². The number of carbonyl (C=O) groups excluding carboxylic acids is 2. The smallest absolute Gasteiger partial charge is 0.321 e. The van der Waals surface area contributed by atoms with Crippen LogP contribution in [0.3, 0.4) is 0 Å². The number of nitrogens with one attached hydrogen (secondary N) is 2. The lowest BCUT2D eigenvalue weighted by molar-refractivity contribution is -0.122. The second-order valence-corrected chi connectivity index (χ2v) is 6.12. The van der Waals surface area contributed by atoms with Gasteiger partial charge in [0.25, 0.3) is 5.91 Å². The minimum absolute atomic E-state index is 0.153. The van der Waals surface area contributed by atoms with Gasteiger partial charge in [0.1, 0.15) is 0 Å². The van der Waals surface area contributed by atoms with Crippen molar-refractivity contribution < 1.29 is 19.1 Å². The van der Waals surface area contributed by atoms with Gasteiger partial charge in [0.15, 0.2) is 18.1 Å². The first-order valence-electron chi connectivity index (χ1n) is 8.63. The van der Waals surface area contributed by atoms with E-state index in [0.29, 0.717) is 11.5 Å². The quantitative estimate of drug-likeness (QED) is 0.744. The highest BCUT2D eigenvalue weighted by atomic mass is 16.5. The van der Waals surface area contributed by atoms with Gasteiger partial charge in [0.05, 0.1) is 7.11 Å². The summed E-state index contributed by atoms with van der Waals surface area (Å²) in [5, 5.41) is 5.13. The molecule has 25 heavy (non-hydrogen) atoms. The minimum Gasteiger partial charge on any atom is -0.493 e. The second kappa shape index (κ2) is 9.71. The number of amides is 3. The average molecular weight is 346 g/mol. The lowest BCUT2D eigenvalue weighted by Crippen LogP contribution is -2.46. The molecule has 2 N–H and O–H groups in total. The van der Waals surface area contributed by atoms with Gasteiger partial charge in [-0.3, -0.25) is 10.1 Å². The van der Waals surface area contributed by atoms with Crippen LogP contribution >= 0.6 is 0 Å². The van der Waals surface area contributed by atoms with Crippen molar-refractivity contribution in [2.45, 2.75) is 44.6 Å². The number of hydrogen-bond acceptors (Lipinski definition) is 4. The second-order valence-electron chi connectivity index (χ2n) is 6.12. The van der Waals surface area contributed by atoms with E-state index in [-0.39, 0.29) is 12.6 Å². The van der Waals surface area contributed by atoms with Crippen LogP contribution < -0.4 is 20.1 Å². The maximum absolute atomic E-state index is 11.9. The Morgan fingerprint density at radius 1 is 1.24 bits per heavy atom. The Morgan fingerprint density at radius 2 is 2.00 bits per heavy atom. The SMILES string of the molecule is C=CCc1ccc(OCC(=O)NC(=O)NC2CCCCC2)c(OC)c1. The van der Waals surface area contributed by atoms with Gasteiger partial charge >= 0.3 is 6.03 Å². The highest BCUT2D eigenvalue weighted by Crippen LogP contribution is 2.28. The van der Waals surface area contributed by atoms with Crippen LogP contribution in [0.1, 0.15) is 37.7 Å². The first kappa shape index (κ1) is 18.8. The van der Waals surface area contributed by atoms with Crippen molar-refractivity contribution in [3.8, 4) is 11.5 Å². The summed E-state index contributed by atoms with van der Waals surface area (Å²) in [6, 6.07) is 5.15. The van der Waals surface area contributed by atoms with Crippen molar-refractivity contribution in [1.29, 1.82) is 0 Å². The van der Waals surface area contributed by atoms with Crippen molar-refractivity contribution in [2.24, 2.45) is 0 Å². The summed E-state index contributed by atoms with van der Waals surface area (Å²) in [6.45, 7) is 3.45. The Bertz CT molecular complexity index is 609. The number of imide groups is 1. The summed E-state index contributed by atoms with van der Waals surface area (Å²) in [6.07, 6.45) is 7.89. The largest absolute Gasteiger partial charge is 0.493 e. The Morgan fingerprint density at radius 3 is 2.68 bits per heavy atom. The third-order valence-corrected chi connectivity index (χ3v) is 4.16. The summed E-state index contributed by atoms with van der Waals surface area (Å²) in [7, 11) is 1.54. The highest BCUT2D eigenvalue weighted by molar-refractivity contribution is 5.95. The Balaban J connectivity index is 1.80. The van der Waals surface area contributed by atoms with E-state index in [1.807, 2.05) is 12.1 Å². The molecule has 3 amide bonds. The van der Waals surface area contributed by atoms with Crippen LogP contribution in [0.25, 0.3) is 0 Å². The van der Waals surface area contributed by atoms with Crippen molar-refractivity contribution in [2.75, 3.05) is 13.7 Å². The van der Waals surface area contributed by atoms with E-state index in [1.54, 1.807) is 12.1 Å². The molecule has 1 aliphatic rings. The molecule has 0 unspecified atom stereocenters. The number of benzene rings is 1. The van der Waals surface area contributed by atoms with Crippen molar-refractivity contribution in [3.05, 3.63) is 36.4 Å². The van der Waals surface area contributed by atoms with E-state index < -0.39 is 11.9 Å². The Labute approximate surface area is 148 Å². The number of urea groups is 1. The molecule has 6 nitrogen and oxygen atoms in total. The predicted molar refractivity (Wildman–Crippen MR) is 95.9 cm³/mol. The van der Waals surface area contributed by atoms with E-state index in [9.17, 15) is 9.59 Å². The summed E-state index contributed by atoms with van der Waals surface area (Å²) in [4.78, 5) is 23.7. The van der Waals surface area contributed by atoms with Gasteiger partial charge in [-0.05, 0) is 37.0 Å². The van der Waals surface area contributed by atoms with Gasteiger partial charge in [-0.25, -0.2) is 4.79 Å². The third-order valence-electron chi connectivity index (χ3n) is 4.16. The molecule has 1 aromatic rings. The first-order valence-corrected chi connectivity index (χ1v) is 8.63. The maximum atomic E-state index is 11.9. The molecule has 1 aromatic carbocycles. The molecule has 0 heterocycles. The molecule has 1 fully saturated rings. The molecule has 0 saturated heterocycles. The molecular weight excluding hydrogens is 320 g/mol. The van der Waals surface area contributed by atoms with Crippen molar-refractivity contribution >= 4 is 11.9 Å². The predicted octanol–water partition coefficient (Wildman–Crippen LogP) is 2.96. The van der Waals surface area contributed by atoms with Gasteiger partial charge in [-0.15, -0.1) is 6.58 Å². The molecule has 0 bridgehead atoms. The van der Waals surface area contributed by atoms with Crippen LogP contribution in [-0.4, -0.2) is 31.7 Å². The lowest BCUT2D eigenvalue weighted by Gasteiger charge is -2.22. The third kappa shape index (κ3) is 6.14. The molecule has 2 rings (SSSR count). The fourth-order valence-electron chi connectivity index (χ4n) is 2.90. The number of allylic oxidation sites excluding steroid dienone is 1. The van der Waals surface area contributed by atoms with Crippen LogP contribution in [0, 0.1) is 0 Å². The number of carbonyl (C=O) groups is 2. The van der Waals surface area contributed by atoms with Crippen LogP contribution in [0.5, 0.6) is 11.5 Å². The van der Waals surface area contributed by atoms with Crippen LogP contribution in [0.15, 0.2) is 30.9 Å². The molecule has 0 aromatic heterocycles. The zero-order valence-electron chi connectivity index (χ0n) is 14.7. The summed E-state index contributed by atoms with van der Waals surface area (Å²) in [5.74, 6) is 0.502. The molecule has 1 saturated carbocycles. The summed E-state index contributed by atoms with van der Waals surface area (Å²) < 4.78 is 10.7. The van der Waals surface area contributed by atoms with Crippen LogP contribution in [0.2, 0.25) is 0 Å².